The minimum Gasteiger partial charge on any atom is -0.341 e. The number of hydrogen-bond acceptors (Lipinski definition) is 4. The molecule has 1 heterocycles. The molecule has 0 bridgehead atoms. The summed E-state index contributed by atoms with van der Waals surface area (Å²) in [6.45, 7) is 7.31. The molecule has 122 valence electrons. The molecular weight excluding hydrogens is 335 g/mol. The summed E-state index contributed by atoms with van der Waals surface area (Å²) in [4.78, 5) is 22.9. The molecule has 0 saturated carbocycles. The Morgan fingerprint density at radius 3 is 2.57 bits per heavy atom. The highest BCUT2D eigenvalue weighted by atomic mass is 35.5. The number of hydrogen-bond donors (Lipinski definition) is 1. The molecule has 2 rings (SSSR count). The number of benzene rings is 1. The topological polar surface area (TPSA) is 58.1 Å². The van der Waals surface area contributed by atoms with Crippen LogP contribution in [0.25, 0.3) is 0 Å². The van der Waals surface area contributed by atoms with E-state index in [1.54, 1.807) is 18.2 Å². The number of aromatic nitrogens is 2. The van der Waals surface area contributed by atoms with Crippen molar-refractivity contribution in [3.05, 3.63) is 45.7 Å². The maximum atomic E-state index is 12.5. The van der Waals surface area contributed by atoms with Crippen LogP contribution in [0.3, 0.4) is 0 Å². The van der Waals surface area contributed by atoms with Gasteiger partial charge < -0.3 is 10.2 Å². The molecule has 23 heavy (non-hydrogen) atoms. The zero-order chi connectivity index (χ0) is 17.0. The van der Waals surface area contributed by atoms with Crippen LogP contribution in [0, 0.1) is 6.92 Å². The van der Waals surface area contributed by atoms with Crippen LogP contribution in [-0.4, -0.2) is 29.0 Å². The molecule has 5 nitrogen and oxygen atoms in total. The lowest BCUT2D eigenvalue weighted by molar-refractivity contribution is 0.102. The van der Waals surface area contributed by atoms with Gasteiger partial charge in [0.05, 0.1) is 11.2 Å². The molecule has 0 saturated heterocycles. The number of carbonyl (C=O) groups is 1. The smallest absolute Gasteiger partial charge is 0.276 e. The van der Waals surface area contributed by atoms with Crippen LogP contribution in [0.4, 0.5) is 11.6 Å². The van der Waals surface area contributed by atoms with Crippen molar-refractivity contribution in [2.75, 3.05) is 23.3 Å². The van der Waals surface area contributed by atoms with Crippen LogP contribution in [-0.2, 0) is 0 Å². The predicted molar refractivity (Wildman–Crippen MR) is 94.7 cm³/mol. The van der Waals surface area contributed by atoms with Crippen LogP contribution in [0.2, 0.25) is 10.0 Å². The monoisotopic (exact) mass is 352 g/mol. The van der Waals surface area contributed by atoms with Gasteiger partial charge in [-0.2, -0.15) is 0 Å². The van der Waals surface area contributed by atoms with Gasteiger partial charge in [-0.15, -0.1) is 0 Å². The molecule has 0 fully saturated rings. The molecule has 1 aromatic carbocycles. The summed E-state index contributed by atoms with van der Waals surface area (Å²) in [6.07, 6.45) is 1.45. The predicted octanol–water partition coefficient (Wildman–Crippen LogP) is 4.19. The van der Waals surface area contributed by atoms with Crippen molar-refractivity contribution in [2.24, 2.45) is 0 Å². The Bertz CT molecular complexity index is 717. The fourth-order valence-electron chi connectivity index (χ4n) is 2.10. The van der Waals surface area contributed by atoms with Crippen molar-refractivity contribution in [1.82, 2.24) is 9.97 Å². The third-order valence-corrected chi connectivity index (χ3v) is 4.19. The van der Waals surface area contributed by atoms with Gasteiger partial charge in [0.25, 0.3) is 5.91 Å². The number of halogens is 2. The minimum absolute atomic E-state index is 0.142. The standard InChI is InChI=1S/C16H18Cl2N4O/c1-4-22(5-2)16-19-9-12(18)14(21-16)15(23)20-13-8-6-7-11(17)10(13)3/h6-9H,4-5H2,1-3H3,(H,20,23). The second-order valence-electron chi connectivity index (χ2n) is 4.91. The molecule has 0 aliphatic rings. The summed E-state index contributed by atoms with van der Waals surface area (Å²) in [6, 6.07) is 5.32. The SMILES string of the molecule is CCN(CC)c1ncc(Cl)c(C(=O)Nc2cccc(Cl)c2C)n1. The molecule has 0 aliphatic heterocycles. The van der Waals surface area contributed by atoms with E-state index in [9.17, 15) is 4.79 Å². The second-order valence-corrected chi connectivity index (χ2v) is 5.72. The number of rotatable bonds is 5. The van der Waals surface area contributed by atoms with E-state index < -0.39 is 5.91 Å². The van der Waals surface area contributed by atoms with E-state index in [-0.39, 0.29) is 10.7 Å². The van der Waals surface area contributed by atoms with Crippen LogP contribution in [0.1, 0.15) is 29.9 Å². The number of anilines is 2. The maximum Gasteiger partial charge on any atom is 0.276 e. The van der Waals surface area contributed by atoms with Crippen molar-refractivity contribution in [2.45, 2.75) is 20.8 Å². The number of nitrogens with one attached hydrogen (secondary N) is 1. The average molecular weight is 353 g/mol. The summed E-state index contributed by atoms with van der Waals surface area (Å²) < 4.78 is 0. The summed E-state index contributed by atoms with van der Waals surface area (Å²) in [5.74, 6) is 0.0866. The first-order chi connectivity index (χ1) is 11.0. The van der Waals surface area contributed by atoms with Gasteiger partial charge >= 0.3 is 0 Å². The van der Waals surface area contributed by atoms with Crippen LogP contribution in [0.15, 0.2) is 24.4 Å². The molecule has 1 aromatic heterocycles. The first-order valence-corrected chi connectivity index (χ1v) is 8.07. The van der Waals surface area contributed by atoms with Gasteiger partial charge in [-0.05, 0) is 38.5 Å². The minimum atomic E-state index is -0.392. The summed E-state index contributed by atoms with van der Waals surface area (Å²) in [7, 11) is 0. The normalized spacial score (nSPS) is 10.5. The molecule has 0 spiro atoms. The van der Waals surface area contributed by atoms with Gasteiger partial charge in [0.2, 0.25) is 5.95 Å². The van der Waals surface area contributed by atoms with Gasteiger partial charge in [0, 0.05) is 23.8 Å². The van der Waals surface area contributed by atoms with Crippen molar-refractivity contribution >= 4 is 40.7 Å². The first-order valence-electron chi connectivity index (χ1n) is 7.31. The molecule has 0 aliphatic carbocycles. The summed E-state index contributed by atoms with van der Waals surface area (Å²) in [5.41, 5.74) is 1.56. The third-order valence-electron chi connectivity index (χ3n) is 3.51. The van der Waals surface area contributed by atoms with Crippen LogP contribution < -0.4 is 10.2 Å². The highest BCUT2D eigenvalue weighted by Crippen LogP contribution is 2.24. The van der Waals surface area contributed by atoms with E-state index in [4.69, 9.17) is 23.2 Å². The molecule has 0 unspecified atom stereocenters. The average Bonchev–Trinajstić information content (AvgIpc) is 2.54. The zero-order valence-corrected chi connectivity index (χ0v) is 14.7. The van der Waals surface area contributed by atoms with Crippen molar-refractivity contribution < 1.29 is 4.79 Å². The summed E-state index contributed by atoms with van der Waals surface area (Å²) in [5, 5.41) is 3.58. The van der Waals surface area contributed by atoms with Gasteiger partial charge in [0.1, 0.15) is 0 Å². The van der Waals surface area contributed by atoms with E-state index in [1.807, 2.05) is 25.7 Å². The first kappa shape index (κ1) is 17.5. The lowest BCUT2D eigenvalue weighted by atomic mass is 10.2. The zero-order valence-electron chi connectivity index (χ0n) is 13.2. The Balaban J connectivity index is 2.31. The largest absolute Gasteiger partial charge is 0.341 e. The van der Waals surface area contributed by atoms with Gasteiger partial charge in [-0.3, -0.25) is 4.79 Å². The van der Waals surface area contributed by atoms with Crippen LogP contribution >= 0.6 is 23.2 Å². The van der Waals surface area contributed by atoms with E-state index in [2.05, 4.69) is 15.3 Å². The maximum absolute atomic E-state index is 12.5. The molecule has 7 heteroatoms. The van der Waals surface area contributed by atoms with Gasteiger partial charge in [0.15, 0.2) is 5.69 Å². The molecule has 1 amide bonds. The fraction of sp³-hybridized carbons (Fsp3) is 0.312. The molecular formula is C16H18Cl2N4O. The van der Waals surface area contributed by atoms with Crippen molar-refractivity contribution in [3.63, 3.8) is 0 Å². The Morgan fingerprint density at radius 1 is 1.22 bits per heavy atom. The molecule has 0 atom stereocenters. The summed E-state index contributed by atoms with van der Waals surface area (Å²) >= 11 is 12.2. The Labute approximate surface area is 145 Å². The van der Waals surface area contributed by atoms with Gasteiger partial charge in [-0.25, -0.2) is 9.97 Å². The fourth-order valence-corrected chi connectivity index (χ4v) is 2.45. The van der Waals surface area contributed by atoms with Crippen molar-refractivity contribution in [3.8, 4) is 0 Å². The number of nitrogens with zero attached hydrogens (tertiary/aromatic N) is 3. The second kappa shape index (κ2) is 7.62. The highest BCUT2D eigenvalue weighted by molar-refractivity contribution is 6.34. The van der Waals surface area contributed by atoms with E-state index in [0.717, 1.165) is 18.7 Å². The van der Waals surface area contributed by atoms with Gasteiger partial charge in [-0.1, -0.05) is 29.3 Å². The van der Waals surface area contributed by atoms with E-state index >= 15 is 0 Å². The van der Waals surface area contributed by atoms with Crippen molar-refractivity contribution in [1.29, 1.82) is 0 Å². The number of amides is 1. The lowest BCUT2D eigenvalue weighted by Crippen LogP contribution is -2.25. The quantitative estimate of drug-likeness (QED) is 0.876. The lowest BCUT2D eigenvalue weighted by Gasteiger charge is -2.19. The third kappa shape index (κ3) is 3.92. The Hall–Kier alpha value is -1.85. The molecule has 1 N–H and O–H groups in total. The van der Waals surface area contributed by atoms with Crippen LogP contribution in [0.5, 0.6) is 0 Å². The Kier molecular flexibility index (Phi) is 5.80. The molecule has 0 radical (unpaired) electrons. The Morgan fingerprint density at radius 2 is 1.91 bits per heavy atom. The number of carbonyl (C=O) groups excluding carboxylic acids is 1. The molecule has 2 aromatic rings. The van der Waals surface area contributed by atoms with E-state index in [1.165, 1.54) is 6.20 Å². The van der Waals surface area contributed by atoms with E-state index in [0.29, 0.717) is 16.7 Å². The highest BCUT2D eigenvalue weighted by Gasteiger charge is 2.17.